The first-order valence-corrected chi connectivity index (χ1v) is 5.38. The van der Waals surface area contributed by atoms with Gasteiger partial charge in [-0.25, -0.2) is 0 Å². The first kappa shape index (κ1) is 17.0. The Balaban J connectivity index is 0.00000225. The van der Waals surface area contributed by atoms with Crippen LogP contribution >= 0.6 is 22.6 Å². The molecule has 1 rings (SSSR count). The van der Waals surface area contributed by atoms with Crippen molar-refractivity contribution in [1.29, 1.82) is 0 Å². The normalized spacial score (nSPS) is 10.5. The van der Waals surface area contributed by atoms with E-state index in [1.807, 2.05) is 22.6 Å². The molecule has 0 saturated carbocycles. The minimum atomic E-state index is -4.81. The van der Waals surface area contributed by atoms with Crippen molar-refractivity contribution in [2.45, 2.75) is 13.2 Å². The van der Waals surface area contributed by atoms with Crippen LogP contribution in [0.3, 0.4) is 0 Å². The molecule has 0 radical (unpaired) electrons. The average Bonchev–Trinajstić information content (AvgIpc) is 2.10. The fourth-order valence-electron chi connectivity index (χ4n) is 1.28. The van der Waals surface area contributed by atoms with Crippen LogP contribution in [0.5, 0.6) is 0 Å². The van der Waals surface area contributed by atoms with E-state index < -0.39 is 13.3 Å². The molecule has 0 atom stereocenters. The minimum absolute atomic E-state index is 0. The first-order valence-electron chi connectivity index (χ1n) is 4.30. The Morgan fingerprint density at radius 1 is 1.38 bits per heavy atom. The van der Waals surface area contributed by atoms with Gasteiger partial charge in [0.2, 0.25) is 0 Å². The summed E-state index contributed by atoms with van der Waals surface area (Å²) in [7, 11) is 0. The molecule has 0 aliphatic carbocycles. The van der Waals surface area contributed by atoms with E-state index in [9.17, 15) is 12.9 Å². The SMILES string of the molecule is C#Cc1cc(I)c(C)c(C[B-](F)(F)F)c1.[K+]. The van der Waals surface area contributed by atoms with E-state index in [-0.39, 0.29) is 56.9 Å². The van der Waals surface area contributed by atoms with Gasteiger partial charge < -0.3 is 12.9 Å². The van der Waals surface area contributed by atoms with E-state index in [1.165, 1.54) is 6.07 Å². The second-order valence-corrected chi connectivity index (χ2v) is 4.46. The van der Waals surface area contributed by atoms with Crippen molar-refractivity contribution in [3.63, 3.8) is 0 Å². The molecule has 0 N–H and O–H groups in total. The molecule has 0 aliphatic heterocycles. The zero-order chi connectivity index (χ0) is 11.6. The maximum atomic E-state index is 12.3. The van der Waals surface area contributed by atoms with Gasteiger partial charge in [0, 0.05) is 9.13 Å². The van der Waals surface area contributed by atoms with Crippen molar-refractivity contribution in [2.75, 3.05) is 0 Å². The predicted molar refractivity (Wildman–Crippen MR) is 64.6 cm³/mol. The van der Waals surface area contributed by atoms with Crippen LogP contribution < -0.4 is 51.4 Å². The molecule has 0 heterocycles. The zero-order valence-corrected chi connectivity index (χ0v) is 14.3. The number of hydrogen-bond acceptors (Lipinski definition) is 0. The van der Waals surface area contributed by atoms with Crippen molar-refractivity contribution in [2.24, 2.45) is 0 Å². The fraction of sp³-hybridized carbons (Fsp3) is 0.200. The summed E-state index contributed by atoms with van der Waals surface area (Å²) in [5, 5.41) is 0. The van der Waals surface area contributed by atoms with E-state index in [0.29, 0.717) is 11.1 Å². The minimum Gasteiger partial charge on any atom is -0.449 e. The maximum absolute atomic E-state index is 12.3. The van der Waals surface area contributed by atoms with Gasteiger partial charge >= 0.3 is 58.4 Å². The van der Waals surface area contributed by atoms with Gasteiger partial charge in [0.15, 0.2) is 0 Å². The third-order valence-corrected chi connectivity index (χ3v) is 3.19. The Morgan fingerprint density at radius 2 is 1.94 bits per heavy atom. The zero-order valence-electron chi connectivity index (χ0n) is 9.03. The van der Waals surface area contributed by atoms with Gasteiger partial charge in [-0.3, -0.25) is 0 Å². The molecule has 0 aromatic heterocycles. The molecule has 0 unspecified atom stereocenters. The molecule has 1 aromatic rings. The number of benzene rings is 1. The van der Waals surface area contributed by atoms with Crippen LogP contribution in [-0.2, 0) is 6.32 Å². The van der Waals surface area contributed by atoms with Gasteiger partial charge in [-0.15, -0.1) is 6.42 Å². The van der Waals surface area contributed by atoms with Gasteiger partial charge in [-0.1, -0.05) is 17.8 Å². The summed E-state index contributed by atoms with van der Waals surface area (Å²) in [5.74, 6) is 2.36. The summed E-state index contributed by atoms with van der Waals surface area (Å²) in [6.45, 7) is -3.13. The molecule has 0 aliphatic rings. The van der Waals surface area contributed by atoms with Crippen LogP contribution in [0.2, 0.25) is 0 Å². The quantitative estimate of drug-likeness (QED) is 0.409. The van der Waals surface area contributed by atoms with Gasteiger partial charge in [-0.2, -0.15) is 0 Å². The average molecular weight is 362 g/mol. The third-order valence-electron chi connectivity index (χ3n) is 2.07. The Kier molecular flexibility index (Phi) is 7.23. The molecule has 16 heavy (non-hydrogen) atoms. The number of rotatable bonds is 2. The summed E-state index contributed by atoms with van der Waals surface area (Å²) in [6.07, 6.45) is 4.31. The molecule has 0 nitrogen and oxygen atoms in total. The van der Waals surface area contributed by atoms with Crippen LogP contribution in [-0.4, -0.2) is 6.98 Å². The smallest absolute Gasteiger partial charge is 0.449 e. The Bertz CT molecular complexity index is 423. The molecule has 0 amide bonds. The predicted octanol–water partition coefficient (Wildman–Crippen LogP) is 0.514. The van der Waals surface area contributed by atoms with E-state index in [2.05, 4.69) is 5.92 Å². The Morgan fingerprint density at radius 3 is 2.38 bits per heavy atom. The van der Waals surface area contributed by atoms with Crippen LogP contribution in [0.4, 0.5) is 12.9 Å². The van der Waals surface area contributed by atoms with E-state index in [0.717, 1.165) is 3.57 Å². The monoisotopic (exact) mass is 362 g/mol. The molecular formula is C10H8BF3IK. The van der Waals surface area contributed by atoms with Crippen LogP contribution in [0.1, 0.15) is 16.7 Å². The van der Waals surface area contributed by atoms with Gasteiger partial charge in [0.05, 0.1) is 0 Å². The molecular weight excluding hydrogens is 354 g/mol. The van der Waals surface area contributed by atoms with Crippen LogP contribution in [0.15, 0.2) is 12.1 Å². The molecule has 0 saturated heterocycles. The third kappa shape index (κ3) is 5.11. The van der Waals surface area contributed by atoms with Crippen molar-refractivity contribution < 1.29 is 64.3 Å². The molecule has 80 valence electrons. The second kappa shape index (κ2) is 6.81. The topological polar surface area (TPSA) is 0 Å². The first-order chi connectivity index (χ1) is 6.83. The van der Waals surface area contributed by atoms with Crippen molar-refractivity contribution in [1.82, 2.24) is 0 Å². The second-order valence-electron chi connectivity index (χ2n) is 3.30. The standard InChI is InChI=1S/C10H8BF3I.K/c1-3-8-4-9(6-11(12,13)14)7(2)10(15)5-8;/h1,4-5H,6H2,2H3;/q-1;+1. The van der Waals surface area contributed by atoms with E-state index in [1.54, 1.807) is 13.0 Å². The Hall–Kier alpha value is 1.00. The summed E-state index contributed by atoms with van der Waals surface area (Å²) in [4.78, 5) is 0. The number of terminal acetylenes is 1. The van der Waals surface area contributed by atoms with Gasteiger partial charge in [0.1, 0.15) is 0 Å². The summed E-state index contributed by atoms with van der Waals surface area (Å²) < 4.78 is 37.7. The fourth-order valence-corrected chi connectivity index (χ4v) is 1.96. The number of hydrogen-bond donors (Lipinski definition) is 0. The van der Waals surface area contributed by atoms with Crippen molar-refractivity contribution in [3.05, 3.63) is 32.4 Å². The van der Waals surface area contributed by atoms with E-state index >= 15 is 0 Å². The number of halogens is 4. The molecule has 0 spiro atoms. The largest absolute Gasteiger partial charge is 1.00 e. The van der Waals surface area contributed by atoms with Crippen molar-refractivity contribution >= 4 is 29.6 Å². The molecule has 6 heteroatoms. The summed E-state index contributed by atoms with van der Waals surface area (Å²) >= 11 is 1.99. The van der Waals surface area contributed by atoms with Crippen molar-refractivity contribution in [3.8, 4) is 12.3 Å². The van der Waals surface area contributed by atoms with E-state index in [4.69, 9.17) is 6.42 Å². The van der Waals surface area contributed by atoms with Crippen LogP contribution in [0.25, 0.3) is 0 Å². The summed E-state index contributed by atoms with van der Waals surface area (Å²) in [6, 6.07) is 3.15. The van der Waals surface area contributed by atoms with Crippen LogP contribution in [0, 0.1) is 22.8 Å². The maximum Gasteiger partial charge on any atom is 1.00 e. The molecule has 0 bridgehead atoms. The Labute approximate surface area is 149 Å². The molecule has 1 aromatic carbocycles. The molecule has 0 fully saturated rings. The van der Waals surface area contributed by atoms with Gasteiger partial charge in [-0.05, 0) is 47.2 Å². The summed E-state index contributed by atoms with van der Waals surface area (Å²) in [5.41, 5.74) is 1.44. The van der Waals surface area contributed by atoms with Gasteiger partial charge in [0.25, 0.3) is 0 Å².